The second kappa shape index (κ2) is 6.68. The second-order valence-electron chi connectivity index (χ2n) is 7.54. The molecule has 0 aromatic heterocycles. The Balaban J connectivity index is 1.59. The predicted octanol–water partition coefficient (Wildman–Crippen LogP) is 5.88. The van der Waals surface area contributed by atoms with Gasteiger partial charge < -0.3 is 10.4 Å². The van der Waals surface area contributed by atoms with Crippen molar-refractivity contribution >= 4 is 11.7 Å². The Labute approximate surface area is 164 Å². The SMILES string of the molecule is O=C(O)c1ccccc1[C@@H]1Nc2ccc(-c3ccccc3)cc2[C@@H]2C=CC[C@H]21. The van der Waals surface area contributed by atoms with Gasteiger partial charge in [0, 0.05) is 11.6 Å². The van der Waals surface area contributed by atoms with Crippen molar-refractivity contribution in [2.45, 2.75) is 18.4 Å². The van der Waals surface area contributed by atoms with Crippen molar-refractivity contribution < 1.29 is 9.90 Å². The Morgan fingerprint density at radius 3 is 2.50 bits per heavy atom. The summed E-state index contributed by atoms with van der Waals surface area (Å²) in [6.07, 6.45) is 5.47. The minimum Gasteiger partial charge on any atom is -0.478 e. The number of fused-ring (bicyclic) bond motifs is 3. The molecule has 3 heteroatoms. The van der Waals surface area contributed by atoms with Crippen LogP contribution in [0.2, 0.25) is 0 Å². The number of anilines is 1. The Morgan fingerprint density at radius 1 is 0.893 bits per heavy atom. The van der Waals surface area contributed by atoms with Gasteiger partial charge >= 0.3 is 5.97 Å². The van der Waals surface area contributed by atoms with Crippen LogP contribution < -0.4 is 5.32 Å². The Bertz CT molecular complexity index is 1070. The summed E-state index contributed by atoms with van der Waals surface area (Å²) in [5.41, 5.74) is 6.06. The molecule has 2 aliphatic rings. The van der Waals surface area contributed by atoms with Gasteiger partial charge in [0.1, 0.15) is 0 Å². The summed E-state index contributed by atoms with van der Waals surface area (Å²) in [6, 6.07) is 24.3. The molecule has 3 atom stereocenters. The van der Waals surface area contributed by atoms with Crippen LogP contribution in [0.15, 0.2) is 84.9 Å². The van der Waals surface area contributed by atoms with Gasteiger partial charge in [-0.3, -0.25) is 0 Å². The highest BCUT2D eigenvalue weighted by Crippen LogP contribution is 2.50. The first-order valence-corrected chi connectivity index (χ1v) is 9.67. The molecule has 1 aliphatic carbocycles. The van der Waals surface area contributed by atoms with Crippen LogP contribution in [-0.4, -0.2) is 11.1 Å². The number of carbonyl (C=O) groups is 1. The van der Waals surface area contributed by atoms with Gasteiger partial charge in [-0.15, -0.1) is 0 Å². The third-order valence-corrected chi connectivity index (χ3v) is 6.00. The van der Waals surface area contributed by atoms with E-state index in [9.17, 15) is 9.90 Å². The fraction of sp³-hybridized carbons (Fsp3) is 0.160. The number of carboxylic acid groups (broad SMARTS) is 1. The van der Waals surface area contributed by atoms with E-state index in [-0.39, 0.29) is 6.04 Å². The molecule has 0 radical (unpaired) electrons. The summed E-state index contributed by atoms with van der Waals surface area (Å²) >= 11 is 0. The fourth-order valence-electron chi connectivity index (χ4n) is 4.68. The number of aromatic carboxylic acids is 1. The summed E-state index contributed by atoms with van der Waals surface area (Å²) in [4.78, 5) is 11.8. The molecule has 0 fully saturated rings. The molecular formula is C25H21NO2. The zero-order valence-corrected chi connectivity index (χ0v) is 15.4. The van der Waals surface area contributed by atoms with E-state index in [0.717, 1.165) is 17.7 Å². The van der Waals surface area contributed by atoms with Gasteiger partial charge in [-0.05, 0) is 52.8 Å². The number of hydrogen-bond donors (Lipinski definition) is 2. The highest BCUT2D eigenvalue weighted by Gasteiger charge is 2.39. The van der Waals surface area contributed by atoms with E-state index >= 15 is 0 Å². The van der Waals surface area contributed by atoms with Crippen LogP contribution >= 0.6 is 0 Å². The molecule has 0 saturated carbocycles. The molecule has 0 spiro atoms. The van der Waals surface area contributed by atoms with Gasteiger partial charge in [-0.2, -0.15) is 0 Å². The van der Waals surface area contributed by atoms with E-state index in [1.165, 1.54) is 16.7 Å². The third-order valence-electron chi connectivity index (χ3n) is 6.00. The topological polar surface area (TPSA) is 49.3 Å². The number of nitrogens with one attached hydrogen (secondary N) is 1. The minimum absolute atomic E-state index is 0.0117. The smallest absolute Gasteiger partial charge is 0.336 e. The molecule has 0 bridgehead atoms. The number of allylic oxidation sites excluding steroid dienone is 2. The molecule has 1 aliphatic heterocycles. The van der Waals surface area contributed by atoms with E-state index in [0.29, 0.717) is 17.4 Å². The van der Waals surface area contributed by atoms with Crippen molar-refractivity contribution in [1.82, 2.24) is 0 Å². The molecule has 0 unspecified atom stereocenters. The molecule has 0 saturated heterocycles. The van der Waals surface area contributed by atoms with E-state index in [1.807, 2.05) is 18.2 Å². The molecular weight excluding hydrogens is 346 g/mol. The Hall–Kier alpha value is -3.33. The summed E-state index contributed by atoms with van der Waals surface area (Å²) in [5.74, 6) is -0.254. The van der Waals surface area contributed by atoms with Gasteiger partial charge in [0.25, 0.3) is 0 Å². The summed E-state index contributed by atoms with van der Waals surface area (Å²) in [5, 5.41) is 13.3. The maximum Gasteiger partial charge on any atom is 0.336 e. The molecule has 0 amide bonds. The molecule has 2 N–H and O–H groups in total. The first-order chi connectivity index (χ1) is 13.7. The molecule has 28 heavy (non-hydrogen) atoms. The minimum atomic E-state index is -0.870. The van der Waals surface area contributed by atoms with Crippen LogP contribution in [0.3, 0.4) is 0 Å². The lowest BCUT2D eigenvalue weighted by Gasteiger charge is -2.38. The molecule has 1 heterocycles. The van der Waals surface area contributed by atoms with Crippen molar-refractivity contribution in [2.75, 3.05) is 5.32 Å². The lowest BCUT2D eigenvalue weighted by Crippen LogP contribution is -2.30. The number of hydrogen-bond acceptors (Lipinski definition) is 2. The summed E-state index contributed by atoms with van der Waals surface area (Å²) in [7, 11) is 0. The van der Waals surface area contributed by atoms with Gasteiger partial charge in [0.15, 0.2) is 0 Å². The highest BCUT2D eigenvalue weighted by atomic mass is 16.4. The number of carboxylic acids is 1. The molecule has 3 aromatic carbocycles. The van der Waals surface area contributed by atoms with Crippen molar-refractivity contribution in [3.63, 3.8) is 0 Å². The van der Waals surface area contributed by atoms with Gasteiger partial charge in [0.05, 0.1) is 11.6 Å². The van der Waals surface area contributed by atoms with E-state index in [1.54, 1.807) is 12.1 Å². The molecule has 3 nitrogen and oxygen atoms in total. The second-order valence-corrected chi connectivity index (χ2v) is 7.54. The van der Waals surface area contributed by atoms with E-state index in [2.05, 4.69) is 59.9 Å². The van der Waals surface area contributed by atoms with Gasteiger partial charge in [0.2, 0.25) is 0 Å². The highest BCUT2D eigenvalue weighted by molar-refractivity contribution is 5.90. The average Bonchev–Trinajstić information content (AvgIpc) is 3.24. The van der Waals surface area contributed by atoms with Gasteiger partial charge in [-0.1, -0.05) is 66.7 Å². The maximum absolute atomic E-state index is 11.8. The maximum atomic E-state index is 11.8. The lowest BCUT2D eigenvalue weighted by atomic mass is 9.75. The Kier molecular flexibility index (Phi) is 4.01. The van der Waals surface area contributed by atoms with Crippen LogP contribution in [0, 0.1) is 5.92 Å². The van der Waals surface area contributed by atoms with Gasteiger partial charge in [-0.25, -0.2) is 4.79 Å². The lowest BCUT2D eigenvalue weighted by molar-refractivity contribution is 0.0694. The standard InChI is InChI=1S/C25H21NO2/c27-25(28)21-10-5-4-9-20(21)24-19-12-6-11-18(19)22-15-17(13-14-23(22)26-24)16-7-2-1-3-8-16/h1-11,13-15,18-19,24,26H,12H2,(H,27,28)/t18-,19-,24-/m1/s1. The third kappa shape index (κ3) is 2.71. The first-order valence-electron chi connectivity index (χ1n) is 9.67. The zero-order chi connectivity index (χ0) is 19.1. The van der Waals surface area contributed by atoms with Crippen molar-refractivity contribution in [1.29, 1.82) is 0 Å². The van der Waals surface area contributed by atoms with Crippen LogP contribution in [0.1, 0.15) is 39.9 Å². The first kappa shape index (κ1) is 16.8. The van der Waals surface area contributed by atoms with Crippen molar-refractivity contribution in [3.8, 4) is 11.1 Å². The average molecular weight is 367 g/mol. The quantitative estimate of drug-likeness (QED) is 0.569. The van der Waals surface area contributed by atoms with Crippen LogP contribution in [-0.2, 0) is 0 Å². The van der Waals surface area contributed by atoms with Crippen molar-refractivity contribution in [2.24, 2.45) is 5.92 Å². The number of rotatable bonds is 3. The largest absolute Gasteiger partial charge is 0.478 e. The zero-order valence-electron chi connectivity index (χ0n) is 15.4. The fourth-order valence-corrected chi connectivity index (χ4v) is 4.68. The number of benzene rings is 3. The van der Waals surface area contributed by atoms with Crippen LogP contribution in [0.5, 0.6) is 0 Å². The van der Waals surface area contributed by atoms with Crippen LogP contribution in [0.4, 0.5) is 5.69 Å². The van der Waals surface area contributed by atoms with Crippen molar-refractivity contribution in [3.05, 3.63) is 102 Å². The van der Waals surface area contributed by atoms with Crippen LogP contribution in [0.25, 0.3) is 11.1 Å². The summed E-state index contributed by atoms with van der Waals surface area (Å²) < 4.78 is 0. The normalized spacial score (nSPS) is 22.2. The molecule has 5 rings (SSSR count). The van der Waals surface area contributed by atoms with E-state index < -0.39 is 5.97 Å². The Morgan fingerprint density at radius 2 is 1.68 bits per heavy atom. The summed E-state index contributed by atoms with van der Waals surface area (Å²) in [6.45, 7) is 0. The molecule has 3 aromatic rings. The predicted molar refractivity (Wildman–Crippen MR) is 112 cm³/mol. The monoisotopic (exact) mass is 367 g/mol. The van der Waals surface area contributed by atoms with E-state index in [4.69, 9.17) is 0 Å². The molecule has 138 valence electrons.